The van der Waals surface area contributed by atoms with E-state index < -0.39 is 0 Å². The molecule has 0 bridgehead atoms. The van der Waals surface area contributed by atoms with Gasteiger partial charge in [-0.3, -0.25) is 0 Å². The fraction of sp³-hybridized carbons (Fsp3) is 0.647. The lowest BCUT2D eigenvalue weighted by molar-refractivity contribution is 0.221. The Kier molecular flexibility index (Phi) is 4.07. The van der Waals surface area contributed by atoms with Crippen LogP contribution in [0.25, 0.3) is 0 Å². The van der Waals surface area contributed by atoms with Crippen molar-refractivity contribution < 1.29 is 4.74 Å². The van der Waals surface area contributed by atoms with Gasteiger partial charge in [0.2, 0.25) is 0 Å². The normalized spacial score (nSPS) is 23.1. The lowest BCUT2D eigenvalue weighted by Gasteiger charge is -2.22. The second-order valence-corrected chi connectivity index (χ2v) is 6.22. The molecule has 19 heavy (non-hydrogen) atoms. The Morgan fingerprint density at radius 3 is 2.84 bits per heavy atom. The van der Waals surface area contributed by atoms with Gasteiger partial charge in [0.25, 0.3) is 0 Å². The molecular formula is C17H25NO. The van der Waals surface area contributed by atoms with Gasteiger partial charge in [-0.1, -0.05) is 37.0 Å². The first-order valence-corrected chi connectivity index (χ1v) is 7.78. The monoisotopic (exact) mass is 259 g/mol. The third-order valence-electron chi connectivity index (χ3n) is 4.49. The van der Waals surface area contributed by atoms with Crippen LogP contribution in [0.15, 0.2) is 18.2 Å². The van der Waals surface area contributed by atoms with Gasteiger partial charge in [0, 0.05) is 13.0 Å². The van der Waals surface area contributed by atoms with Crippen LogP contribution in [0.2, 0.25) is 0 Å². The van der Waals surface area contributed by atoms with Gasteiger partial charge in [0.1, 0.15) is 11.9 Å². The summed E-state index contributed by atoms with van der Waals surface area (Å²) in [6, 6.07) is 6.51. The summed E-state index contributed by atoms with van der Waals surface area (Å²) >= 11 is 0. The zero-order valence-corrected chi connectivity index (χ0v) is 12.0. The molecule has 104 valence electrons. The number of hydrogen-bond donors (Lipinski definition) is 1. The van der Waals surface area contributed by atoms with E-state index in [0.29, 0.717) is 6.10 Å². The minimum absolute atomic E-state index is 0.334. The highest BCUT2D eigenvalue weighted by molar-refractivity contribution is 5.40. The van der Waals surface area contributed by atoms with Crippen molar-refractivity contribution in [2.24, 2.45) is 5.92 Å². The molecule has 2 aliphatic rings. The maximum absolute atomic E-state index is 5.99. The molecule has 2 nitrogen and oxygen atoms in total. The van der Waals surface area contributed by atoms with Gasteiger partial charge in [-0.25, -0.2) is 0 Å². The number of fused-ring (bicyclic) bond motifs is 1. The first-order chi connectivity index (χ1) is 9.31. The second kappa shape index (κ2) is 5.96. The Morgan fingerprint density at radius 2 is 2.00 bits per heavy atom. The molecule has 2 heteroatoms. The minimum atomic E-state index is 0.334. The molecule has 1 aliphatic carbocycles. The minimum Gasteiger partial charge on any atom is -0.488 e. The van der Waals surface area contributed by atoms with Crippen molar-refractivity contribution in [2.45, 2.75) is 51.6 Å². The van der Waals surface area contributed by atoms with Crippen LogP contribution in [-0.4, -0.2) is 19.2 Å². The topological polar surface area (TPSA) is 21.3 Å². The fourth-order valence-corrected chi connectivity index (χ4v) is 3.40. The maximum atomic E-state index is 5.99. The first kappa shape index (κ1) is 13.0. The molecule has 1 fully saturated rings. The van der Waals surface area contributed by atoms with Gasteiger partial charge in [0.15, 0.2) is 0 Å². The summed E-state index contributed by atoms with van der Waals surface area (Å²) in [7, 11) is 0. The van der Waals surface area contributed by atoms with Crippen LogP contribution in [0, 0.1) is 12.8 Å². The number of benzene rings is 1. The summed E-state index contributed by atoms with van der Waals surface area (Å²) in [5, 5.41) is 3.62. The lowest BCUT2D eigenvalue weighted by Crippen LogP contribution is -2.33. The van der Waals surface area contributed by atoms with E-state index in [-0.39, 0.29) is 0 Å². The van der Waals surface area contributed by atoms with Gasteiger partial charge < -0.3 is 10.1 Å². The molecule has 1 aromatic carbocycles. The molecule has 0 saturated heterocycles. The Balaban J connectivity index is 1.43. The largest absolute Gasteiger partial charge is 0.488 e. The maximum Gasteiger partial charge on any atom is 0.123 e. The van der Waals surface area contributed by atoms with E-state index in [1.807, 2.05) is 0 Å². The number of nitrogens with one attached hydrogen (secondary N) is 1. The summed E-state index contributed by atoms with van der Waals surface area (Å²) in [5.74, 6) is 2.00. The number of hydrogen-bond acceptors (Lipinski definition) is 2. The van der Waals surface area contributed by atoms with Crippen LogP contribution >= 0.6 is 0 Å². The third-order valence-corrected chi connectivity index (χ3v) is 4.49. The zero-order valence-electron chi connectivity index (χ0n) is 12.0. The SMILES string of the molecule is Cc1ccc2c(c1)CC(CNCC1CCCCC1)O2. The number of aryl methyl sites for hydroxylation is 1. The highest BCUT2D eigenvalue weighted by Crippen LogP contribution is 2.29. The molecule has 0 amide bonds. The molecule has 1 unspecified atom stereocenters. The molecule has 0 radical (unpaired) electrons. The van der Waals surface area contributed by atoms with Crippen LogP contribution in [0.1, 0.15) is 43.2 Å². The fourth-order valence-electron chi connectivity index (χ4n) is 3.40. The van der Waals surface area contributed by atoms with E-state index in [9.17, 15) is 0 Å². The van der Waals surface area contributed by atoms with Gasteiger partial charge >= 0.3 is 0 Å². The average Bonchev–Trinajstić information content (AvgIpc) is 2.82. The molecule has 0 spiro atoms. The van der Waals surface area contributed by atoms with Crippen LogP contribution < -0.4 is 10.1 Å². The van der Waals surface area contributed by atoms with E-state index >= 15 is 0 Å². The van der Waals surface area contributed by atoms with Crippen molar-refractivity contribution in [1.82, 2.24) is 5.32 Å². The average molecular weight is 259 g/mol. The van der Waals surface area contributed by atoms with Crippen molar-refractivity contribution in [3.8, 4) is 5.75 Å². The van der Waals surface area contributed by atoms with Crippen molar-refractivity contribution >= 4 is 0 Å². The molecule has 1 aromatic rings. The van der Waals surface area contributed by atoms with E-state index in [4.69, 9.17) is 4.74 Å². The predicted molar refractivity (Wildman–Crippen MR) is 78.7 cm³/mol. The molecule has 1 saturated carbocycles. The summed E-state index contributed by atoms with van der Waals surface area (Å²) < 4.78 is 5.99. The summed E-state index contributed by atoms with van der Waals surface area (Å²) in [5.41, 5.74) is 2.71. The van der Waals surface area contributed by atoms with Crippen LogP contribution in [0.4, 0.5) is 0 Å². The van der Waals surface area contributed by atoms with E-state index in [2.05, 4.69) is 30.4 Å². The Labute approximate surface area is 116 Å². The van der Waals surface area contributed by atoms with Crippen LogP contribution in [0.3, 0.4) is 0 Å². The van der Waals surface area contributed by atoms with Crippen molar-refractivity contribution in [1.29, 1.82) is 0 Å². The molecule has 1 N–H and O–H groups in total. The molecular weight excluding hydrogens is 234 g/mol. The van der Waals surface area contributed by atoms with Gasteiger partial charge in [-0.2, -0.15) is 0 Å². The van der Waals surface area contributed by atoms with Crippen molar-refractivity contribution in [2.75, 3.05) is 13.1 Å². The van der Waals surface area contributed by atoms with Gasteiger partial charge in [-0.15, -0.1) is 0 Å². The third kappa shape index (κ3) is 3.30. The Bertz CT molecular complexity index is 423. The molecule has 1 aliphatic heterocycles. The smallest absolute Gasteiger partial charge is 0.123 e. The highest BCUT2D eigenvalue weighted by Gasteiger charge is 2.22. The van der Waals surface area contributed by atoms with Gasteiger partial charge in [-0.05, 0) is 43.9 Å². The zero-order chi connectivity index (χ0) is 13.1. The number of rotatable bonds is 4. The molecule has 3 rings (SSSR count). The van der Waals surface area contributed by atoms with E-state index in [0.717, 1.165) is 24.6 Å². The Hall–Kier alpha value is -1.02. The van der Waals surface area contributed by atoms with Crippen LogP contribution in [0.5, 0.6) is 5.75 Å². The standard InChI is InChI=1S/C17H25NO/c1-13-7-8-17-15(9-13)10-16(19-17)12-18-11-14-5-3-2-4-6-14/h7-9,14,16,18H,2-6,10-12H2,1H3. The lowest BCUT2D eigenvalue weighted by atomic mass is 9.89. The predicted octanol–water partition coefficient (Wildman–Crippen LogP) is 3.47. The summed E-state index contributed by atoms with van der Waals surface area (Å²) in [4.78, 5) is 0. The number of ether oxygens (including phenoxy) is 1. The molecule has 1 heterocycles. The van der Waals surface area contributed by atoms with E-state index in [1.165, 1.54) is 49.8 Å². The van der Waals surface area contributed by atoms with E-state index in [1.54, 1.807) is 0 Å². The van der Waals surface area contributed by atoms with Gasteiger partial charge in [0.05, 0.1) is 0 Å². The Morgan fingerprint density at radius 1 is 1.16 bits per heavy atom. The molecule has 0 aromatic heterocycles. The second-order valence-electron chi connectivity index (χ2n) is 6.22. The van der Waals surface area contributed by atoms with Crippen molar-refractivity contribution in [3.63, 3.8) is 0 Å². The summed E-state index contributed by atoms with van der Waals surface area (Å²) in [6.45, 7) is 4.31. The summed E-state index contributed by atoms with van der Waals surface area (Å²) in [6.07, 6.45) is 8.52. The van der Waals surface area contributed by atoms with Crippen LogP contribution in [-0.2, 0) is 6.42 Å². The first-order valence-electron chi connectivity index (χ1n) is 7.78. The quantitative estimate of drug-likeness (QED) is 0.894. The molecule has 1 atom stereocenters. The highest BCUT2D eigenvalue weighted by atomic mass is 16.5. The van der Waals surface area contributed by atoms with Crippen molar-refractivity contribution in [3.05, 3.63) is 29.3 Å².